The lowest BCUT2D eigenvalue weighted by molar-refractivity contribution is -0.137. The molecule has 36 heavy (non-hydrogen) atoms. The van der Waals surface area contributed by atoms with E-state index in [1.54, 1.807) is 17.4 Å². The van der Waals surface area contributed by atoms with Gasteiger partial charge in [0.2, 0.25) is 5.91 Å². The van der Waals surface area contributed by atoms with E-state index in [1.807, 2.05) is 24.3 Å². The van der Waals surface area contributed by atoms with Gasteiger partial charge in [-0.1, -0.05) is 24.3 Å². The lowest BCUT2D eigenvalue weighted by Crippen LogP contribution is -2.37. The molecule has 0 saturated heterocycles. The molecule has 1 aromatic heterocycles. The van der Waals surface area contributed by atoms with E-state index in [9.17, 15) is 22.8 Å². The zero-order chi connectivity index (χ0) is 25.7. The van der Waals surface area contributed by atoms with Gasteiger partial charge in [0.1, 0.15) is 11.4 Å². The maximum absolute atomic E-state index is 13.1. The van der Waals surface area contributed by atoms with Crippen LogP contribution in [0.15, 0.2) is 53.9 Å². The Kier molecular flexibility index (Phi) is 7.78. The SMILES string of the molecule is COc1ccccc1Nc1nc(C(=O)N(CCC(=O)NCc2cccc(C(F)(F)F)c2)C2CC2)cs1. The summed E-state index contributed by atoms with van der Waals surface area (Å²) < 4.78 is 44.0. The Morgan fingerprint density at radius 2 is 1.94 bits per heavy atom. The molecule has 1 aliphatic rings. The number of anilines is 2. The van der Waals surface area contributed by atoms with Crippen molar-refractivity contribution in [1.82, 2.24) is 15.2 Å². The number of benzene rings is 2. The van der Waals surface area contributed by atoms with Crippen molar-refractivity contribution in [2.24, 2.45) is 0 Å². The molecule has 0 aliphatic heterocycles. The van der Waals surface area contributed by atoms with E-state index in [0.717, 1.165) is 30.7 Å². The van der Waals surface area contributed by atoms with E-state index in [2.05, 4.69) is 15.6 Å². The third-order valence-corrected chi connectivity index (χ3v) is 6.40. The van der Waals surface area contributed by atoms with E-state index in [1.165, 1.54) is 23.5 Å². The lowest BCUT2D eigenvalue weighted by Gasteiger charge is -2.21. The number of halogens is 3. The van der Waals surface area contributed by atoms with Crippen LogP contribution in [0.25, 0.3) is 0 Å². The highest BCUT2D eigenvalue weighted by Gasteiger charge is 2.34. The Morgan fingerprint density at radius 3 is 2.67 bits per heavy atom. The van der Waals surface area contributed by atoms with Crippen molar-refractivity contribution in [3.63, 3.8) is 0 Å². The normalized spacial score (nSPS) is 13.2. The van der Waals surface area contributed by atoms with Crippen LogP contribution in [0.4, 0.5) is 24.0 Å². The molecule has 190 valence electrons. The van der Waals surface area contributed by atoms with Gasteiger partial charge in [0.05, 0.1) is 18.4 Å². The number of para-hydroxylation sites is 2. The van der Waals surface area contributed by atoms with Crippen LogP contribution in [0, 0.1) is 0 Å². The fraction of sp³-hybridized carbons (Fsp3) is 0.320. The molecule has 3 aromatic rings. The number of nitrogens with one attached hydrogen (secondary N) is 2. The van der Waals surface area contributed by atoms with E-state index >= 15 is 0 Å². The van der Waals surface area contributed by atoms with Crippen LogP contribution in [0.2, 0.25) is 0 Å². The number of carbonyl (C=O) groups excluding carboxylic acids is 2. The molecule has 11 heteroatoms. The summed E-state index contributed by atoms with van der Waals surface area (Å²) in [6, 6.07) is 12.3. The molecule has 4 rings (SSSR count). The van der Waals surface area contributed by atoms with Gasteiger partial charge < -0.3 is 20.3 Å². The summed E-state index contributed by atoms with van der Waals surface area (Å²) in [7, 11) is 1.57. The molecule has 1 aliphatic carbocycles. The number of hydrogen-bond acceptors (Lipinski definition) is 6. The Bertz CT molecular complexity index is 1230. The van der Waals surface area contributed by atoms with Gasteiger partial charge in [0, 0.05) is 30.9 Å². The smallest absolute Gasteiger partial charge is 0.416 e. The standard InChI is InChI=1S/C25H25F3N4O3S/c1-35-21-8-3-2-7-19(21)30-24-31-20(15-36-24)23(34)32(18-9-10-18)12-11-22(33)29-14-16-5-4-6-17(13-16)25(26,27)28/h2-8,13,15,18H,9-12,14H2,1H3,(H,29,33)(H,30,31). The minimum absolute atomic E-state index is 0.0236. The van der Waals surface area contributed by atoms with Gasteiger partial charge >= 0.3 is 6.18 Å². The second kappa shape index (κ2) is 11.0. The third-order valence-electron chi connectivity index (χ3n) is 5.64. The number of nitrogens with zero attached hydrogens (tertiary/aromatic N) is 2. The molecule has 1 fully saturated rings. The van der Waals surface area contributed by atoms with Crippen LogP contribution in [0.1, 0.15) is 40.9 Å². The Balaban J connectivity index is 1.32. The largest absolute Gasteiger partial charge is 0.495 e. The number of aromatic nitrogens is 1. The lowest BCUT2D eigenvalue weighted by atomic mass is 10.1. The summed E-state index contributed by atoms with van der Waals surface area (Å²) in [5, 5.41) is 8.00. The number of amides is 2. The highest BCUT2D eigenvalue weighted by atomic mass is 32.1. The van der Waals surface area contributed by atoms with Crippen molar-refractivity contribution in [3.8, 4) is 5.75 Å². The average Bonchev–Trinajstić information content (AvgIpc) is 3.60. The molecule has 1 heterocycles. The molecule has 0 spiro atoms. The summed E-state index contributed by atoms with van der Waals surface area (Å²) in [5.41, 5.74) is 0.604. The number of carbonyl (C=O) groups is 2. The monoisotopic (exact) mass is 518 g/mol. The van der Waals surface area contributed by atoms with Crippen molar-refractivity contribution in [2.45, 2.75) is 38.0 Å². The van der Waals surface area contributed by atoms with Crippen molar-refractivity contribution in [2.75, 3.05) is 19.0 Å². The molecule has 1 saturated carbocycles. The maximum Gasteiger partial charge on any atom is 0.416 e. The highest BCUT2D eigenvalue weighted by molar-refractivity contribution is 7.14. The van der Waals surface area contributed by atoms with Crippen LogP contribution in [0.5, 0.6) is 5.75 Å². The summed E-state index contributed by atoms with van der Waals surface area (Å²) in [6.45, 7) is 0.176. The number of methoxy groups -OCH3 is 1. The molecular weight excluding hydrogens is 493 g/mol. The third kappa shape index (κ3) is 6.54. The van der Waals surface area contributed by atoms with Gasteiger partial charge in [-0.2, -0.15) is 13.2 Å². The molecule has 2 amide bonds. The van der Waals surface area contributed by atoms with Crippen LogP contribution in [0.3, 0.4) is 0 Å². The van der Waals surface area contributed by atoms with Gasteiger partial charge in [-0.25, -0.2) is 4.98 Å². The van der Waals surface area contributed by atoms with Crippen LogP contribution >= 0.6 is 11.3 Å². The Labute approximate surface area is 210 Å². The Morgan fingerprint density at radius 1 is 1.17 bits per heavy atom. The fourth-order valence-electron chi connectivity index (χ4n) is 3.64. The van der Waals surface area contributed by atoms with Gasteiger partial charge in [0.15, 0.2) is 5.13 Å². The number of alkyl halides is 3. The second-order valence-corrected chi connectivity index (χ2v) is 9.18. The summed E-state index contributed by atoms with van der Waals surface area (Å²) in [6.07, 6.45) is -2.69. The van der Waals surface area contributed by atoms with E-state index in [4.69, 9.17) is 4.74 Å². The van der Waals surface area contributed by atoms with Crippen LogP contribution in [-0.4, -0.2) is 41.4 Å². The van der Waals surface area contributed by atoms with Gasteiger partial charge in [0.25, 0.3) is 5.91 Å². The minimum atomic E-state index is -4.44. The van der Waals surface area contributed by atoms with E-state index in [0.29, 0.717) is 16.4 Å². The molecule has 0 bridgehead atoms. The van der Waals surface area contributed by atoms with Gasteiger partial charge in [-0.05, 0) is 42.7 Å². The quantitative estimate of drug-likeness (QED) is 0.384. The Hall–Kier alpha value is -3.60. The molecule has 0 atom stereocenters. The summed E-state index contributed by atoms with van der Waals surface area (Å²) >= 11 is 1.29. The zero-order valence-corrected chi connectivity index (χ0v) is 20.3. The summed E-state index contributed by atoms with van der Waals surface area (Å²) in [4.78, 5) is 31.5. The average molecular weight is 519 g/mol. The molecule has 0 radical (unpaired) electrons. The van der Waals surface area contributed by atoms with Crippen molar-refractivity contribution >= 4 is 34.0 Å². The first kappa shape index (κ1) is 25.5. The molecule has 7 nitrogen and oxygen atoms in total. The number of hydrogen-bond donors (Lipinski definition) is 2. The van der Waals surface area contributed by atoms with E-state index < -0.39 is 11.7 Å². The molecule has 2 N–H and O–H groups in total. The zero-order valence-electron chi connectivity index (χ0n) is 19.5. The predicted octanol–water partition coefficient (Wildman–Crippen LogP) is 5.23. The molecular formula is C25H25F3N4O3S. The minimum Gasteiger partial charge on any atom is -0.495 e. The predicted molar refractivity (Wildman–Crippen MR) is 130 cm³/mol. The maximum atomic E-state index is 13.1. The molecule has 0 unspecified atom stereocenters. The number of thiazole rings is 1. The molecule has 2 aromatic carbocycles. The van der Waals surface area contributed by atoms with Gasteiger partial charge in [-0.3, -0.25) is 9.59 Å². The van der Waals surface area contributed by atoms with Crippen LogP contribution < -0.4 is 15.4 Å². The second-order valence-electron chi connectivity index (χ2n) is 8.32. The topological polar surface area (TPSA) is 83.6 Å². The van der Waals surface area contributed by atoms with Crippen molar-refractivity contribution in [1.29, 1.82) is 0 Å². The first-order chi connectivity index (χ1) is 17.2. The van der Waals surface area contributed by atoms with E-state index in [-0.39, 0.29) is 43.1 Å². The first-order valence-electron chi connectivity index (χ1n) is 11.3. The van der Waals surface area contributed by atoms with Crippen molar-refractivity contribution in [3.05, 3.63) is 70.7 Å². The highest BCUT2D eigenvalue weighted by Crippen LogP contribution is 2.32. The number of ether oxygens (including phenoxy) is 1. The number of rotatable bonds is 10. The van der Waals surface area contributed by atoms with Crippen molar-refractivity contribution < 1.29 is 27.5 Å². The first-order valence-corrected chi connectivity index (χ1v) is 12.2. The van der Waals surface area contributed by atoms with Crippen LogP contribution in [-0.2, 0) is 17.5 Å². The summed E-state index contributed by atoms with van der Waals surface area (Å²) in [5.74, 6) is 0.0477. The fourth-order valence-corrected chi connectivity index (χ4v) is 4.34. The van der Waals surface area contributed by atoms with Gasteiger partial charge in [-0.15, -0.1) is 11.3 Å².